The van der Waals surface area contributed by atoms with Gasteiger partial charge in [0.2, 0.25) is 5.91 Å². The molecular weight excluding hydrogens is 352 g/mol. The monoisotopic (exact) mass is 374 g/mol. The fourth-order valence-electron chi connectivity index (χ4n) is 3.13. The molecule has 1 amide bonds. The summed E-state index contributed by atoms with van der Waals surface area (Å²) in [6, 6.07) is 15.4. The van der Waals surface area contributed by atoms with Gasteiger partial charge in [0.25, 0.3) is 0 Å². The van der Waals surface area contributed by atoms with Crippen molar-refractivity contribution in [3.05, 3.63) is 59.1 Å². The molecule has 3 rings (SSSR count). The maximum atomic E-state index is 12.6. The Bertz CT molecular complexity index is 768. The molecule has 1 aliphatic rings. The molecule has 1 saturated heterocycles. The van der Waals surface area contributed by atoms with Crippen molar-refractivity contribution in [2.24, 2.45) is 0 Å². The van der Waals surface area contributed by atoms with E-state index in [4.69, 9.17) is 21.4 Å². The number of aliphatic hydroxyl groups excluding tert-OH is 1. The third-order valence-electron chi connectivity index (χ3n) is 4.47. The highest BCUT2D eigenvalue weighted by Crippen LogP contribution is 2.24. The van der Waals surface area contributed by atoms with Crippen LogP contribution in [0.1, 0.15) is 12.5 Å². The molecule has 2 aromatic rings. The Morgan fingerprint density at radius 3 is 2.81 bits per heavy atom. The average molecular weight is 375 g/mol. The third-order valence-corrected chi connectivity index (χ3v) is 4.71. The first kappa shape index (κ1) is 18.7. The summed E-state index contributed by atoms with van der Waals surface area (Å²) in [5.74, 6) is 0.797. The number of ether oxygens (including phenoxy) is 1. The quantitative estimate of drug-likeness (QED) is 0.844. The van der Waals surface area contributed by atoms with E-state index in [0.717, 1.165) is 17.0 Å². The molecule has 0 radical (unpaired) electrons. The van der Waals surface area contributed by atoms with E-state index < -0.39 is 0 Å². The number of benzene rings is 2. The second-order valence-electron chi connectivity index (χ2n) is 6.46. The fraction of sp³-hybridized carbons (Fsp3) is 0.350. The minimum Gasteiger partial charge on any atom is -0.491 e. The zero-order valence-corrected chi connectivity index (χ0v) is 15.5. The highest BCUT2D eigenvalue weighted by atomic mass is 35.5. The van der Waals surface area contributed by atoms with Crippen LogP contribution in [0.15, 0.2) is 48.5 Å². The van der Waals surface area contributed by atoms with Crippen molar-refractivity contribution in [1.29, 1.82) is 0 Å². The molecule has 26 heavy (non-hydrogen) atoms. The molecule has 0 bridgehead atoms. The number of piperazine rings is 1. The van der Waals surface area contributed by atoms with Gasteiger partial charge in [0.15, 0.2) is 0 Å². The molecule has 6 heteroatoms. The zero-order valence-electron chi connectivity index (χ0n) is 14.8. The van der Waals surface area contributed by atoms with Gasteiger partial charge in [-0.15, -0.1) is 0 Å². The number of carbonyl (C=O) groups is 1. The number of hydrogen-bond acceptors (Lipinski definition) is 4. The van der Waals surface area contributed by atoms with Gasteiger partial charge in [0.1, 0.15) is 12.4 Å². The van der Waals surface area contributed by atoms with Crippen LogP contribution in [0, 0.1) is 0 Å². The van der Waals surface area contributed by atoms with Gasteiger partial charge in [-0.05, 0) is 42.8 Å². The lowest BCUT2D eigenvalue weighted by Crippen LogP contribution is -2.54. The molecule has 1 N–H and O–H groups in total. The zero-order chi connectivity index (χ0) is 18.5. The van der Waals surface area contributed by atoms with Gasteiger partial charge in [-0.1, -0.05) is 29.8 Å². The predicted molar refractivity (Wildman–Crippen MR) is 103 cm³/mol. The summed E-state index contributed by atoms with van der Waals surface area (Å²) in [7, 11) is 0. The Balaban J connectivity index is 1.67. The average Bonchev–Trinajstić information content (AvgIpc) is 2.63. The number of anilines is 1. The number of hydrogen-bond donors (Lipinski definition) is 1. The standard InChI is InChI=1S/C20H23ClN2O3/c1-15-12-23(18-6-3-5-17(21)11-18)20(25)14-22(15)13-16-4-2-7-19(10-16)26-9-8-24/h2-7,10-11,15,24H,8-9,12-14H2,1H3/t15-/m1/s1. The van der Waals surface area contributed by atoms with Crippen LogP contribution in [0.25, 0.3) is 0 Å². The second kappa shape index (κ2) is 8.54. The van der Waals surface area contributed by atoms with Crippen molar-refractivity contribution < 1.29 is 14.6 Å². The number of halogens is 1. The van der Waals surface area contributed by atoms with E-state index in [-0.39, 0.29) is 25.2 Å². The van der Waals surface area contributed by atoms with Crippen LogP contribution in [0.3, 0.4) is 0 Å². The van der Waals surface area contributed by atoms with E-state index in [1.165, 1.54) is 0 Å². The van der Waals surface area contributed by atoms with E-state index in [9.17, 15) is 4.79 Å². The first-order valence-electron chi connectivity index (χ1n) is 8.69. The molecule has 1 aliphatic heterocycles. The molecule has 2 aromatic carbocycles. The Kier molecular flexibility index (Phi) is 6.14. The Morgan fingerprint density at radius 2 is 2.04 bits per heavy atom. The van der Waals surface area contributed by atoms with Crippen molar-refractivity contribution in [2.75, 3.05) is 31.2 Å². The van der Waals surface area contributed by atoms with Crippen molar-refractivity contribution >= 4 is 23.2 Å². The smallest absolute Gasteiger partial charge is 0.241 e. The fourth-order valence-corrected chi connectivity index (χ4v) is 3.32. The number of amides is 1. The molecule has 0 unspecified atom stereocenters. The van der Waals surface area contributed by atoms with E-state index in [1.54, 1.807) is 11.0 Å². The van der Waals surface area contributed by atoms with Crippen LogP contribution in [0.2, 0.25) is 5.02 Å². The first-order valence-corrected chi connectivity index (χ1v) is 9.07. The molecule has 1 heterocycles. The molecule has 1 atom stereocenters. The Labute approximate surface area is 158 Å². The number of rotatable bonds is 6. The van der Waals surface area contributed by atoms with E-state index >= 15 is 0 Å². The largest absolute Gasteiger partial charge is 0.491 e. The molecule has 138 valence electrons. The normalized spacial score (nSPS) is 18.2. The van der Waals surface area contributed by atoms with Gasteiger partial charge in [-0.2, -0.15) is 0 Å². The van der Waals surface area contributed by atoms with E-state index in [0.29, 0.717) is 24.7 Å². The van der Waals surface area contributed by atoms with E-state index in [2.05, 4.69) is 11.8 Å². The summed E-state index contributed by atoms with van der Waals surface area (Å²) in [6.45, 7) is 4.04. The van der Waals surface area contributed by atoms with Gasteiger partial charge in [0.05, 0.1) is 13.2 Å². The van der Waals surface area contributed by atoms with Crippen LogP contribution < -0.4 is 9.64 Å². The van der Waals surface area contributed by atoms with Crippen LogP contribution in [0.5, 0.6) is 5.75 Å². The highest BCUT2D eigenvalue weighted by Gasteiger charge is 2.30. The van der Waals surface area contributed by atoms with Gasteiger partial charge >= 0.3 is 0 Å². The summed E-state index contributed by atoms with van der Waals surface area (Å²) in [5.41, 5.74) is 1.92. The van der Waals surface area contributed by atoms with Gasteiger partial charge in [0, 0.05) is 29.8 Å². The van der Waals surface area contributed by atoms with E-state index in [1.807, 2.05) is 42.5 Å². The minimum atomic E-state index is -0.0127. The summed E-state index contributed by atoms with van der Waals surface area (Å²) in [4.78, 5) is 16.6. The lowest BCUT2D eigenvalue weighted by molar-refractivity contribution is -0.122. The maximum Gasteiger partial charge on any atom is 0.241 e. The molecule has 5 nitrogen and oxygen atoms in total. The number of carbonyl (C=O) groups excluding carboxylic acids is 1. The Hall–Kier alpha value is -2.08. The van der Waals surface area contributed by atoms with Crippen molar-refractivity contribution in [1.82, 2.24) is 4.90 Å². The molecule has 1 fully saturated rings. The SMILES string of the molecule is C[C@@H]1CN(c2cccc(Cl)c2)C(=O)CN1Cc1cccc(OCCO)c1. The van der Waals surface area contributed by atoms with Crippen LogP contribution >= 0.6 is 11.6 Å². The van der Waals surface area contributed by atoms with Gasteiger partial charge < -0.3 is 14.7 Å². The predicted octanol–water partition coefficient (Wildman–Crippen LogP) is 2.95. The van der Waals surface area contributed by atoms with Gasteiger partial charge in [-0.25, -0.2) is 0 Å². The molecule has 0 saturated carbocycles. The summed E-state index contributed by atoms with van der Waals surface area (Å²) >= 11 is 6.06. The third kappa shape index (κ3) is 4.55. The Morgan fingerprint density at radius 1 is 1.23 bits per heavy atom. The minimum absolute atomic E-state index is 0.0127. The molecule has 0 aromatic heterocycles. The first-order chi connectivity index (χ1) is 12.6. The lowest BCUT2D eigenvalue weighted by atomic mass is 10.1. The lowest BCUT2D eigenvalue weighted by Gasteiger charge is -2.39. The molecule has 0 spiro atoms. The van der Waals surface area contributed by atoms with Crippen LogP contribution in [-0.4, -0.2) is 48.3 Å². The van der Waals surface area contributed by atoms with Crippen molar-refractivity contribution in [2.45, 2.75) is 19.5 Å². The van der Waals surface area contributed by atoms with Crippen molar-refractivity contribution in [3.8, 4) is 5.75 Å². The van der Waals surface area contributed by atoms with Gasteiger partial charge in [-0.3, -0.25) is 9.69 Å². The van der Waals surface area contributed by atoms with Crippen LogP contribution in [0.4, 0.5) is 5.69 Å². The summed E-state index contributed by atoms with van der Waals surface area (Å²) < 4.78 is 5.46. The number of aliphatic hydroxyl groups is 1. The number of nitrogens with zero attached hydrogens (tertiary/aromatic N) is 2. The second-order valence-corrected chi connectivity index (χ2v) is 6.89. The molecular formula is C20H23ClN2O3. The summed E-state index contributed by atoms with van der Waals surface area (Å²) in [5, 5.41) is 9.50. The topological polar surface area (TPSA) is 53.0 Å². The van der Waals surface area contributed by atoms with Crippen LogP contribution in [-0.2, 0) is 11.3 Å². The summed E-state index contributed by atoms with van der Waals surface area (Å²) in [6.07, 6.45) is 0. The van der Waals surface area contributed by atoms with Crippen molar-refractivity contribution in [3.63, 3.8) is 0 Å². The highest BCUT2D eigenvalue weighted by molar-refractivity contribution is 6.30. The molecule has 0 aliphatic carbocycles. The maximum absolute atomic E-state index is 12.6.